The Hall–Kier alpha value is -2.10. The number of rotatable bonds is 4. The molecule has 0 aliphatic heterocycles. The zero-order valence-electron chi connectivity index (χ0n) is 11.4. The molecule has 108 valence electrons. The summed E-state index contributed by atoms with van der Waals surface area (Å²) in [6.45, 7) is 1.93. The number of nitrogens with one attached hydrogen (secondary N) is 1. The fourth-order valence-corrected chi connectivity index (χ4v) is 2.92. The van der Waals surface area contributed by atoms with Gasteiger partial charge in [-0.15, -0.1) is 0 Å². The number of thiazole rings is 1. The van der Waals surface area contributed by atoms with Crippen molar-refractivity contribution < 1.29 is 9.53 Å². The summed E-state index contributed by atoms with van der Waals surface area (Å²) >= 11 is 7.04. The van der Waals surface area contributed by atoms with E-state index in [9.17, 15) is 4.79 Å². The number of carbonyl (C=O) groups is 1. The van der Waals surface area contributed by atoms with Gasteiger partial charge in [0.25, 0.3) is 0 Å². The zero-order valence-corrected chi connectivity index (χ0v) is 13.0. The third-order valence-electron chi connectivity index (χ3n) is 2.81. The molecule has 7 heteroatoms. The lowest BCUT2D eigenvalue weighted by Crippen LogP contribution is -2.06. The maximum absolute atomic E-state index is 11.5. The summed E-state index contributed by atoms with van der Waals surface area (Å²) < 4.78 is 4.63. The summed E-state index contributed by atoms with van der Waals surface area (Å²) in [5.74, 6) is -0.510. The van der Waals surface area contributed by atoms with Gasteiger partial charge in [0.1, 0.15) is 0 Å². The first kappa shape index (κ1) is 15.3. The van der Waals surface area contributed by atoms with Crippen molar-refractivity contribution in [3.05, 3.63) is 45.4 Å². The molecule has 0 fully saturated rings. The van der Waals surface area contributed by atoms with Crippen molar-refractivity contribution in [3.63, 3.8) is 0 Å². The van der Waals surface area contributed by atoms with Crippen molar-refractivity contribution in [2.75, 3.05) is 12.4 Å². The SMILES string of the molecule is COC(=O)c1sc(NC(C)c2cccc(C#N)c2)nc1Cl. The summed E-state index contributed by atoms with van der Waals surface area (Å²) in [4.78, 5) is 15.8. The second-order valence-corrected chi connectivity index (χ2v) is 5.59. The number of hydrogen-bond donors (Lipinski definition) is 1. The highest BCUT2D eigenvalue weighted by atomic mass is 35.5. The molecule has 1 unspecified atom stereocenters. The largest absolute Gasteiger partial charge is 0.465 e. The molecule has 0 amide bonds. The van der Waals surface area contributed by atoms with E-state index < -0.39 is 5.97 Å². The van der Waals surface area contributed by atoms with Crippen LogP contribution >= 0.6 is 22.9 Å². The van der Waals surface area contributed by atoms with Gasteiger partial charge in [-0.2, -0.15) is 5.26 Å². The summed E-state index contributed by atoms with van der Waals surface area (Å²) in [6, 6.07) is 9.29. The van der Waals surface area contributed by atoms with Gasteiger partial charge in [0.05, 0.1) is 24.8 Å². The zero-order chi connectivity index (χ0) is 15.4. The van der Waals surface area contributed by atoms with Crippen LogP contribution in [-0.4, -0.2) is 18.1 Å². The molecular weight excluding hydrogens is 310 g/mol. The maximum Gasteiger partial charge on any atom is 0.351 e. The molecule has 5 nitrogen and oxygen atoms in total. The minimum absolute atomic E-state index is 0.0778. The number of hydrogen-bond acceptors (Lipinski definition) is 6. The minimum atomic E-state index is -0.510. The Morgan fingerprint density at radius 2 is 2.33 bits per heavy atom. The van der Waals surface area contributed by atoms with Gasteiger partial charge in [0.15, 0.2) is 15.2 Å². The molecule has 1 N–H and O–H groups in total. The summed E-state index contributed by atoms with van der Waals surface area (Å²) in [7, 11) is 1.29. The molecule has 0 aliphatic rings. The molecule has 21 heavy (non-hydrogen) atoms. The Balaban J connectivity index is 2.18. The van der Waals surface area contributed by atoms with E-state index in [4.69, 9.17) is 16.9 Å². The normalized spacial score (nSPS) is 11.5. The molecule has 0 bridgehead atoms. The van der Waals surface area contributed by atoms with Gasteiger partial charge < -0.3 is 10.1 Å². The summed E-state index contributed by atoms with van der Waals surface area (Å²) in [6.07, 6.45) is 0. The Kier molecular flexibility index (Phi) is 4.78. The quantitative estimate of drug-likeness (QED) is 0.870. The number of aromatic nitrogens is 1. The van der Waals surface area contributed by atoms with E-state index in [0.29, 0.717) is 10.7 Å². The van der Waals surface area contributed by atoms with E-state index in [1.807, 2.05) is 19.1 Å². The molecule has 1 aromatic carbocycles. The van der Waals surface area contributed by atoms with Crippen LogP contribution in [-0.2, 0) is 4.74 Å². The van der Waals surface area contributed by atoms with Crippen molar-refractivity contribution >= 4 is 34.0 Å². The van der Waals surface area contributed by atoms with Crippen LogP contribution in [0.2, 0.25) is 5.15 Å². The highest BCUT2D eigenvalue weighted by Crippen LogP contribution is 2.30. The average molecular weight is 322 g/mol. The topological polar surface area (TPSA) is 75.0 Å². The van der Waals surface area contributed by atoms with E-state index in [-0.39, 0.29) is 16.1 Å². The molecular formula is C14H12ClN3O2S. The maximum atomic E-state index is 11.5. The number of benzene rings is 1. The molecule has 0 aliphatic carbocycles. The Labute approximate surface area is 131 Å². The molecule has 0 spiro atoms. The predicted octanol–water partition coefficient (Wildman–Crippen LogP) is 3.63. The van der Waals surface area contributed by atoms with Gasteiger partial charge in [-0.3, -0.25) is 0 Å². The van der Waals surface area contributed by atoms with Gasteiger partial charge in [-0.1, -0.05) is 35.1 Å². The van der Waals surface area contributed by atoms with Crippen LogP contribution in [0.5, 0.6) is 0 Å². The van der Waals surface area contributed by atoms with Crippen molar-refractivity contribution in [2.24, 2.45) is 0 Å². The molecule has 2 aromatic rings. The van der Waals surface area contributed by atoms with Crippen LogP contribution in [0.15, 0.2) is 24.3 Å². The summed E-state index contributed by atoms with van der Waals surface area (Å²) in [5, 5.41) is 12.7. The number of carbonyl (C=O) groups excluding carboxylic acids is 1. The highest BCUT2D eigenvalue weighted by Gasteiger charge is 2.18. The van der Waals surface area contributed by atoms with Gasteiger partial charge in [0, 0.05) is 0 Å². The van der Waals surface area contributed by atoms with Gasteiger partial charge >= 0.3 is 5.97 Å². The molecule has 1 heterocycles. The molecule has 1 atom stereocenters. The van der Waals surface area contributed by atoms with Gasteiger partial charge in [0.2, 0.25) is 0 Å². The van der Waals surface area contributed by atoms with Crippen molar-refractivity contribution in [1.82, 2.24) is 4.98 Å². The molecule has 0 saturated carbocycles. The second-order valence-electron chi connectivity index (χ2n) is 4.23. The van der Waals surface area contributed by atoms with E-state index >= 15 is 0 Å². The molecule has 2 rings (SSSR count). The Bertz CT molecular complexity index is 708. The monoisotopic (exact) mass is 321 g/mol. The molecule has 0 saturated heterocycles. The first-order valence-corrected chi connectivity index (χ1v) is 7.26. The first-order chi connectivity index (χ1) is 10.0. The number of ether oxygens (including phenoxy) is 1. The van der Waals surface area contributed by atoms with E-state index in [1.165, 1.54) is 7.11 Å². The lowest BCUT2D eigenvalue weighted by Gasteiger charge is -2.13. The number of nitriles is 1. The fraction of sp³-hybridized carbons (Fsp3) is 0.214. The smallest absolute Gasteiger partial charge is 0.351 e. The number of halogens is 1. The van der Waals surface area contributed by atoms with Crippen LogP contribution in [0.1, 0.15) is 33.8 Å². The predicted molar refractivity (Wildman–Crippen MR) is 81.7 cm³/mol. The number of methoxy groups -OCH3 is 1. The third-order valence-corrected chi connectivity index (χ3v) is 4.16. The third kappa shape index (κ3) is 3.51. The highest BCUT2D eigenvalue weighted by molar-refractivity contribution is 7.18. The number of anilines is 1. The van der Waals surface area contributed by atoms with Gasteiger partial charge in [-0.25, -0.2) is 9.78 Å². The standard InChI is InChI=1S/C14H12ClN3O2S/c1-8(10-5-3-4-9(6-10)7-16)17-14-18-12(15)11(21-14)13(19)20-2/h3-6,8H,1-2H3,(H,17,18). The van der Waals surface area contributed by atoms with Crippen molar-refractivity contribution in [1.29, 1.82) is 5.26 Å². The average Bonchev–Trinajstić information content (AvgIpc) is 2.87. The van der Waals surface area contributed by atoms with E-state index in [0.717, 1.165) is 16.9 Å². The second kappa shape index (κ2) is 6.57. The van der Waals surface area contributed by atoms with Crippen LogP contribution in [0.3, 0.4) is 0 Å². The van der Waals surface area contributed by atoms with Gasteiger partial charge in [-0.05, 0) is 24.6 Å². The lowest BCUT2D eigenvalue weighted by molar-refractivity contribution is 0.0606. The molecule has 0 radical (unpaired) electrons. The van der Waals surface area contributed by atoms with Crippen molar-refractivity contribution in [3.8, 4) is 6.07 Å². The Morgan fingerprint density at radius 1 is 1.57 bits per heavy atom. The summed E-state index contributed by atoms with van der Waals surface area (Å²) in [5.41, 5.74) is 1.54. The lowest BCUT2D eigenvalue weighted by atomic mass is 10.1. The van der Waals surface area contributed by atoms with Crippen LogP contribution in [0.4, 0.5) is 5.13 Å². The van der Waals surface area contributed by atoms with E-state index in [1.54, 1.807) is 12.1 Å². The molecule has 1 aromatic heterocycles. The minimum Gasteiger partial charge on any atom is -0.465 e. The number of nitrogens with zero attached hydrogens (tertiary/aromatic N) is 2. The van der Waals surface area contributed by atoms with Crippen molar-refractivity contribution in [2.45, 2.75) is 13.0 Å². The number of esters is 1. The Morgan fingerprint density at radius 3 is 3.00 bits per heavy atom. The van der Waals surface area contributed by atoms with Crippen LogP contribution in [0.25, 0.3) is 0 Å². The fourth-order valence-electron chi connectivity index (χ4n) is 1.73. The van der Waals surface area contributed by atoms with Crippen LogP contribution < -0.4 is 5.32 Å². The van der Waals surface area contributed by atoms with Crippen LogP contribution in [0, 0.1) is 11.3 Å². The first-order valence-electron chi connectivity index (χ1n) is 6.06. The van der Waals surface area contributed by atoms with E-state index in [2.05, 4.69) is 21.1 Å².